The number of imidazole rings is 1. The van der Waals surface area contributed by atoms with Gasteiger partial charge >= 0.3 is 0 Å². The Bertz CT molecular complexity index is 1010. The second-order valence-corrected chi connectivity index (χ2v) is 6.15. The number of benzene rings is 3. The maximum atomic E-state index is 12.3. The summed E-state index contributed by atoms with van der Waals surface area (Å²) in [4.78, 5) is 20.1. The number of rotatable bonds is 6. The Hall–Kier alpha value is -3.60. The second-order valence-electron chi connectivity index (χ2n) is 6.15. The molecule has 1 aromatic heterocycles. The summed E-state index contributed by atoms with van der Waals surface area (Å²) in [6.45, 7) is 0.515. The molecule has 1 heterocycles. The summed E-state index contributed by atoms with van der Waals surface area (Å²) in [6, 6.07) is 24.5. The number of amides is 1. The van der Waals surface area contributed by atoms with Gasteiger partial charge in [-0.2, -0.15) is 0 Å². The van der Waals surface area contributed by atoms with Crippen LogP contribution in [-0.4, -0.2) is 22.4 Å². The van der Waals surface area contributed by atoms with Crippen LogP contribution >= 0.6 is 0 Å². The SMILES string of the molecule is O=C(NCCc1nc2ccccc2[nH]1)c1ccc(Oc2ccccc2)cc1. The van der Waals surface area contributed by atoms with Crippen LogP contribution in [0.3, 0.4) is 0 Å². The largest absolute Gasteiger partial charge is 0.457 e. The number of hydrogen-bond donors (Lipinski definition) is 2. The van der Waals surface area contributed by atoms with Crippen LogP contribution in [0, 0.1) is 0 Å². The maximum absolute atomic E-state index is 12.3. The highest BCUT2D eigenvalue weighted by atomic mass is 16.5. The molecule has 4 rings (SSSR count). The van der Waals surface area contributed by atoms with Crippen LogP contribution in [0.4, 0.5) is 0 Å². The minimum Gasteiger partial charge on any atom is -0.457 e. The van der Waals surface area contributed by atoms with Gasteiger partial charge in [-0.3, -0.25) is 4.79 Å². The van der Waals surface area contributed by atoms with Crippen molar-refractivity contribution in [1.82, 2.24) is 15.3 Å². The fourth-order valence-corrected chi connectivity index (χ4v) is 2.82. The van der Waals surface area contributed by atoms with E-state index in [0.29, 0.717) is 24.3 Å². The van der Waals surface area contributed by atoms with Gasteiger partial charge in [0.25, 0.3) is 5.91 Å². The summed E-state index contributed by atoms with van der Waals surface area (Å²) in [5.41, 5.74) is 2.54. The predicted octanol–water partition coefficient (Wildman–Crippen LogP) is 4.33. The maximum Gasteiger partial charge on any atom is 0.251 e. The molecule has 2 N–H and O–H groups in total. The zero-order valence-corrected chi connectivity index (χ0v) is 14.7. The van der Waals surface area contributed by atoms with Crippen molar-refractivity contribution in [1.29, 1.82) is 0 Å². The molecular weight excluding hydrogens is 338 g/mol. The number of carbonyl (C=O) groups excluding carboxylic acids is 1. The summed E-state index contributed by atoms with van der Waals surface area (Å²) < 4.78 is 5.74. The molecule has 0 saturated carbocycles. The van der Waals surface area contributed by atoms with Gasteiger partial charge in [0.2, 0.25) is 0 Å². The monoisotopic (exact) mass is 357 g/mol. The Morgan fingerprint density at radius 2 is 1.59 bits per heavy atom. The number of nitrogens with zero attached hydrogens (tertiary/aromatic N) is 1. The molecule has 0 radical (unpaired) electrons. The van der Waals surface area contributed by atoms with E-state index in [4.69, 9.17) is 4.74 Å². The number of hydrogen-bond acceptors (Lipinski definition) is 3. The fourth-order valence-electron chi connectivity index (χ4n) is 2.82. The van der Waals surface area contributed by atoms with Gasteiger partial charge in [0.15, 0.2) is 0 Å². The van der Waals surface area contributed by atoms with Gasteiger partial charge in [-0.25, -0.2) is 4.98 Å². The van der Waals surface area contributed by atoms with E-state index < -0.39 is 0 Å². The van der Waals surface area contributed by atoms with Crippen LogP contribution in [0.1, 0.15) is 16.2 Å². The Morgan fingerprint density at radius 1 is 0.889 bits per heavy atom. The first kappa shape index (κ1) is 16.8. The molecule has 3 aromatic carbocycles. The van der Waals surface area contributed by atoms with E-state index in [1.165, 1.54) is 0 Å². The smallest absolute Gasteiger partial charge is 0.251 e. The van der Waals surface area contributed by atoms with Crippen LogP contribution in [-0.2, 0) is 6.42 Å². The molecule has 0 aliphatic rings. The quantitative estimate of drug-likeness (QED) is 0.540. The first-order valence-corrected chi connectivity index (χ1v) is 8.83. The van der Waals surface area contributed by atoms with E-state index in [0.717, 1.165) is 22.6 Å². The molecule has 27 heavy (non-hydrogen) atoms. The molecule has 0 atom stereocenters. The van der Waals surface area contributed by atoms with Crippen molar-refractivity contribution in [2.45, 2.75) is 6.42 Å². The molecule has 0 aliphatic heterocycles. The van der Waals surface area contributed by atoms with Crippen molar-refractivity contribution in [3.8, 4) is 11.5 Å². The van der Waals surface area contributed by atoms with Crippen molar-refractivity contribution in [2.24, 2.45) is 0 Å². The molecule has 0 saturated heterocycles. The molecule has 4 aromatic rings. The number of ether oxygens (including phenoxy) is 1. The normalized spacial score (nSPS) is 10.7. The van der Waals surface area contributed by atoms with Crippen molar-refractivity contribution in [3.63, 3.8) is 0 Å². The van der Waals surface area contributed by atoms with E-state index in [-0.39, 0.29) is 5.91 Å². The van der Waals surface area contributed by atoms with Crippen molar-refractivity contribution in [3.05, 3.63) is 90.3 Å². The number of para-hydroxylation sites is 3. The van der Waals surface area contributed by atoms with E-state index in [9.17, 15) is 4.79 Å². The highest BCUT2D eigenvalue weighted by Crippen LogP contribution is 2.21. The minimum absolute atomic E-state index is 0.114. The van der Waals surface area contributed by atoms with Gasteiger partial charge in [-0.15, -0.1) is 0 Å². The van der Waals surface area contributed by atoms with Crippen LogP contribution in [0.2, 0.25) is 0 Å². The van der Waals surface area contributed by atoms with Crippen molar-refractivity contribution in [2.75, 3.05) is 6.54 Å². The summed E-state index contributed by atoms with van der Waals surface area (Å²) in [7, 11) is 0. The van der Waals surface area contributed by atoms with Crippen LogP contribution in [0.25, 0.3) is 11.0 Å². The van der Waals surface area contributed by atoms with E-state index in [2.05, 4.69) is 15.3 Å². The summed E-state index contributed by atoms with van der Waals surface area (Å²) >= 11 is 0. The molecule has 0 spiro atoms. The van der Waals surface area contributed by atoms with Crippen molar-refractivity contribution >= 4 is 16.9 Å². The van der Waals surface area contributed by atoms with Crippen LogP contribution < -0.4 is 10.1 Å². The van der Waals surface area contributed by atoms with Gasteiger partial charge in [-0.05, 0) is 48.5 Å². The number of H-pyrrole nitrogens is 1. The summed E-state index contributed by atoms with van der Waals surface area (Å²) in [5, 5.41) is 2.92. The van der Waals surface area contributed by atoms with Crippen LogP contribution in [0.15, 0.2) is 78.9 Å². The molecule has 0 fully saturated rings. The molecule has 0 unspecified atom stereocenters. The number of aromatic nitrogens is 2. The lowest BCUT2D eigenvalue weighted by Gasteiger charge is -2.07. The average molecular weight is 357 g/mol. The van der Waals surface area contributed by atoms with Gasteiger partial charge in [0, 0.05) is 18.5 Å². The minimum atomic E-state index is -0.114. The average Bonchev–Trinajstić information content (AvgIpc) is 3.12. The first-order chi connectivity index (χ1) is 13.3. The zero-order valence-electron chi connectivity index (χ0n) is 14.7. The number of nitrogens with one attached hydrogen (secondary N) is 2. The summed E-state index contributed by atoms with van der Waals surface area (Å²) in [6.07, 6.45) is 0.648. The third-order valence-corrected chi connectivity index (χ3v) is 4.18. The lowest BCUT2D eigenvalue weighted by molar-refractivity contribution is 0.0954. The molecule has 0 aliphatic carbocycles. The Labute approximate surface area is 157 Å². The van der Waals surface area contributed by atoms with Crippen molar-refractivity contribution < 1.29 is 9.53 Å². The highest BCUT2D eigenvalue weighted by molar-refractivity contribution is 5.94. The molecule has 1 amide bonds. The van der Waals surface area contributed by atoms with Crippen LogP contribution in [0.5, 0.6) is 11.5 Å². The topological polar surface area (TPSA) is 67.0 Å². The molecule has 0 bridgehead atoms. The Morgan fingerprint density at radius 3 is 2.37 bits per heavy atom. The van der Waals surface area contributed by atoms with Gasteiger partial charge < -0.3 is 15.0 Å². The third kappa shape index (κ3) is 4.15. The number of fused-ring (bicyclic) bond motifs is 1. The number of carbonyl (C=O) groups is 1. The summed E-state index contributed by atoms with van der Waals surface area (Å²) in [5.74, 6) is 2.21. The molecule has 5 heteroatoms. The second kappa shape index (κ2) is 7.74. The van der Waals surface area contributed by atoms with Gasteiger partial charge in [-0.1, -0.05) is 30.3 Å². The standard InChI is InChI=1S/C22H19N3O2/c26-22(23-15-14-21-24-19-8-4-5-9-20(19)25-21)16-10-12-18(13-11-16)27-17-6-2-1-3-7-17/h1-13H,14-15H2,(H,23,26)(H,24,25). The molecule has 5 nitrogen and oxygen atoms in total. The van der Waals surface area contributed by atoms with E-state index >= 15 is 0 Å². The first-order valence-electron chi connectivity index (χ1n) is 8.83. The van der Waals surface area contributed by atoms with Gasteiger partial charge in [0.05, 0.1) is 11.0 Å². The van der Waals surface area contributed by atoms with E-state index in [1.807, 2.05) is 54.6 Å². The predicted molar refractivity (Wildman–Crippen MR) is 105 cm³/mol. The van der Waals surface area contributed by atoms with Gasteiger partial charge in [0.1, 0.15) is 17.3 Å². The highest BCUT2D eigenvalue weighted by Gasteiger charge is 2.07. The lowest BCUT2D eigenvalue weighted by atomic mass is 10.2. The lowest BCUT2D eigenvalue weighted by Crippen LogP contribution is -2.25. The van der Waals surface area contributed by atoms with E-state index in [1.54, 1.807) is 24.3 Å². The fraction of sp³-hybridized carbons (Fsp3) is 0.0909. The Kier molecular flexibility index (Phi) is 4.83. The number of aromatic amines is 1. The Balaban J connectivity index is 1.31. The molecule has 134 valence electrons. The molecular formula is C22H19N3O2. The zero-order chi connectivity index (χ0) is 18.5. The third-order valence-electron chi connectivity index (χ3n) is 4.18.